The Morgan fingerprint density at radius 2 is 1.95 bits per heavy atom. The van der Waals surface area contributed by atoms with Crippen molar-refractivity contribution in [1.82, 2.24) is 4.72 Å². The van der Waals surface area contributed by atoms with Crippen molar-refractivity contribution >= 4 is 16.0 Å². The van der Waals surface area contributed by atoms with Crippen molar-refractivity contribution in [2.75, 3.05) is 0 Å². The molecule has 0 radical (unpaired) electrons. The van der Waals surface area contributed by atoms with Gasteiger partial charge in [-0.2, -0.15) is 0 Å². The van der Waals surface area contributed by atoms with E-state index in [0.29, 0.717) is 12.0 Å². The maximum absolute atomic E-state index is 12.4. The molecule has 1 saturated carbocycles. The van der Waals surface area contributed by atoms with E-state index >= 15 is 0 Å². The van der Waals surface area contributed by atoms with E-state index in [0.717, 1.165) is 12.8 Å². The van der Waals surface area contributed by atoms with E-state index < -0.39 is 21.9 Å². The largest absolute Gasteiger partial charge is 0.481 e. The molecule has 1 fully saturated rings. The van der Waals surface area contributed by atoms with Crippen LogP contribution < -0.4 is 4.72 Å². The molecule has 21 heavy (non-hydrogen) atoms. The number of nitrogens with one attached hydrogen (secondary N) is 1. The molecule has 1 aromatic rings. The van der Waals surface area contributed by atoms with Crippen molar-refractivity contribution in [2.45, 2.75) is 50.0 Å². The Balaban J connectivity index is 2.41. The van der Waals surface area contributed by atoms with Gasteiger partial charge in [-0.3, -0.25) is 4.79 Å². The van der Waals surface area contributed by atoms with Gasteiger partial charge in [0.25, 0.3) is 0 Å². The highest BCUT2D eigenvalue weighted by Gasteiger charge is 2.32. The van der Waals surface area contributed by atoms with Crippen molar-refractivity contribution in [1.29, 1.82) is 0 Å². The van der Waals surface area contributed by atoms with Gasteiger partial charge in [0.05, 0.1) is 10.8 Å². The van der Waals surface area contributed by atoms with Crippen LogP contribution in [0, 0.1) is 5.92 Å². The minimum absolute atomic E-state index is 0.00330. The molecule has 0 aliphatic heterocycles. The first-order valence-electron chi connectivity index (χ1n) is 7.15. The second-order valence-electron chi connectivity index (χ2n) is 5.95. The Bertz CT molecular complexity index is 620. The maximum atomic E-state index is 12.4. The number of sulfonamides is 1. The Kier molecular flexibility index (Phi) is 4.68. The van der Waals surface area contributed by atoms with Crippen LogP contribution in [0.25, 0.3) is 0 Å². The lowest BCUT2D eigenvalue weighted by molar-refractivity contribution is -0.139. The van der Waals surface area contributed by atoms with E-state index in [1.165, 1.54) is 6.07 Å². The summed E-state index contributed by atoms with van der Waals surface area (Å²) in [7, 11) is -3.66. The number of carboxylic acid groups (broad SMARTS) is 1. The predicted octanol–water partition coefficient (Wildman–Crippen LogP) is 2.34. The normalized spacial score (nSPS) is 16.9. The molecule has 0 saturated heterocycles. The van der Waals surface area contributed by atoms with Crippen LogP contribution in [0.15, 0.2) is 29.2 Å². The van der Waals surface area contributed by atoms with Crippen LogP contribution in [0.1, 0.15) is 44.6 Å². The molecule has 1 aliphatic rings. The molecule has 5 nitrogen and oxygen atoms in total. The lowest BCUT2D eigenvalue weighted by Crippen LogP contribution is -2.28. The highest BCUT2D eigenvalue weighted by atomic mass is 32.2. The molecule has 0 bridgehead atoms. The standard InChI is InChI=1S/C15H21NO4S/c1-10(2)9-13(15(17)18)12-5-3-4-6-14(12)21(19,20)16-11-7-8-11/h3-6,10-11,13,16H,7-9H2,1-2H3,(H,17,18). The van der Waals surface area contributed by atoms with Gasteiger partial charge in [-0.15, -0.1) is 0 Å². The molecule has 0 spiro atoms. The van der Waals surface area contributed by atoms with Gasteiger partial charge in [0.15, 0.2) is 0 Å². The minimum Gasteiger partial charge on any atom is -0.481 e. The molecule has 1 unspecified atom stereocenters. The fraction of sp³-hybridized carbons (Fsp3) is 0.533. The topological polar surface area (TPSA) is 83.5 Å². The second kappa shape index (κ2) is 6.15. The number of carbonyl (C=O) groups is 1. The van der Waals surface area contributed by atoms with Gasteiger partial charge >= 0.3 is 5.97 Å². The molecule has 2 rings (SSSR count). The summed E-state index contributed by atoms with van der Waals surface area (Å²) in [6, 6.07) is 6.39. The summed E-state index contributed by atoms with van der Waals surface area (Å²) >= 11 is 0. The molecule has 1 aromatic carbocycles. The SMILES string of the molecule is CC(C)CC(C(=O)O)c1ccccc1S(=O)(=O)NC1CC1. The van der Waals surface area contributed by atoms with E-state index in [1.54, 1.807) is 18.2 Å². The molecular weight excluding hydrogens is 290 g/mol. The summed E-state index contributed by atoms with van der Waals surface area (Å²) in [4.78, 5) is 11.6. The molecule has 116 valence electrons. The first kappa shape index (κ1) is 16.0. The van der Waals surface area contributed by atoms with E-state index in [9.17, 15) is 18.3 Å². The monoisotopic (exact) mass is 311 g/mol. The second-order valence-corrected chi connectivity index (χ2v) is 7.64. The lowest BCUT2D eigenvalue weighted by Gasteiger charge is -2.18. The van der Waals surface area contributed by atoms with E-state index in [2.05, 4.69) is 4.72 Å². The molecule has 2 N–H and O–H groups in total. The number of benzene rings is 1. The molecule has 6 heteroatoms. The van der Waals surface area contributed by atoms with E-state index in [4.69, 9.17) is 0 Å². The third-order valence-corrected chi connectivity index (χ3v) is 5.08. The molecule has 1 aliphatic carbocycles. The van der Waals surface area contributed by atoms with Gasteiger partial charge in [-0.05, 0) is 36.8 Å². The third-order valence-electron chi connectivity index (χ3n) is 3.49. The van der Waals surface area contributed by atoms with Gasteiger partial charge in [-0.25, -0.2) is 13.1 Å². The van der Waals surface area contributed by atoms with Gasteiger partial charge in [0, 0.05) is 6.04 Å². The summed E-state index contributed by atoms with van der Waals surface area (Å²) in [5.41, 5.74) is 0.367. The quantitative estimate of drug-likeness (QED) is 0.809. The predicted molar refractivity (Wildman–Crippen MR) is 79.6 cm³/mol. The highest BCUT2D eigenvalue weighted by Crippen LogP contribution is 2.31. The smallest absolute Gasteiger partial charge is 0.311 e. The van der Waals surface area contributed by atoms with Crippen LogP contribution in [0.5, 0.6) is 0 Å². The summed E-state index contributed by atoms with van der Waals surface area (Å²) in [6.45, 7) is 3.85. The van der Waals surface area contributed by atoms with Crippen molar-refractivity contribution < 1.29 is 18.3 Å². The Morgan fingerprint density at radius 3 is 2.48 bits per heavy atom. The van der Waals surface area contributed by atoms with E-state index in [-0.39, 0.29) is 16.9 Å². The van der Waals surface area contributed by atoms with Gasteiger partial charge in [0.2, 0.25) is 10.0 Å². The summed E-state index contributed by atoms with van der Waals surface area (Å²) in [5.74, 6) is -1.63. The van der Waals surface area contributed by atoms with Crippen LogP contribution in [-0.2, 0) is 14.8 Å². The van der Waals surface area contributed by atoms with Gasteiger partial charge in [-0.1, -0.05) is 32.0 Å². The Morgan fingerprint density at radius 1 is 1.33 bits per heavy atom. The lowest BCUT2D eigenvalue weighted by atomic mass is 9.90. The average Bonchev–Trinajstić information content (AvgIpc) is 3.18. The average molecular weight is 311 g/mol. The van der Waals surface area contributed by atoms with Crippen molar-refractivity contribution in [2.24, 2.45) is 5.92 Å². The molecule has 0 heterocycles. The number of rotatable bonds is 7. The molecular formula is C15H21NO4S. The zero-order chi connectivity index (χ0) is 15.6. The molecule has 0 aromatic heterocycles. The minimum atomic E-state index is -3.66. The number of aliphatic carboxylic acids is 1. The summed E-state index contributed by atoms with van der Waals surface area (Å²) < 4.78 is 27.4. The fourth-order valence-corrected chi connectivity index (χ4v) is 3.91. The first-order valence-corrected chi connectivity index (χ1v) is 8.63. The number of hydrogen-bond donors (Lipinski definition) is 2. The third kappa shape index (κ3) is 4.04. The van der Waals surface area contributed by atoms with Gasteiger partial charge in [0.1, 0.15) is 0 Å². The first-order chi connectivity index (χ1) is 9.81. The molecule has 1 atom stereocenters. The zero-order valence-electron chi connectivity index (χ0n) is 12.2. The molecule has 0 amide bonds. The Hall–Kier alpha value is -1.40. The summed E-state index contributed by atoms with van der Waals surface area (Å²) in [5, 5.41) is 9.44. The van der Waals surface area contributed by atoms with Crippen LogP contribution in [0.4, 0.5) is 0 Å². The Labute approximate surface area is 125 Å². The van der Waals surface area contributed by atoms with Crippen LogP contribution in [-0.4, -0.2) is 25.5 Å². The fourth-order valence-electron chi connectivity index (χ4n) is 2.33. The summed E-state index contributed by atoms with van der Waals surface area (Å²) in [6.07, 6.45) is 2.09. The number of hydrogen-bond acceptors (Lipinski definition) is 3. The van der Waals surface area contributed by atoms with Crippen molar-refractivity contribution in [3.05, 3.63) is 29.8 Å². The zero-order valence-corrected chi connectivity index (χ0v) is 13.1. The van der Waals surface area contributed by atoms with Crippen LogP contribution in [0.2, 0.25) is 0 Å². The van der Waals surface area contributed by atoms with Crippen molar-refractivity contribution in [3.63, 3.8) is 0 Å². The maximum Gasteiger partial charge on any atom is 0.311 e. The number of carboxylic acids is 1. The van der Waals surface area contributed by atoms with Crippen LogP contribution in [0.3, 0.4) is 0 Å². The highest BCUT2D eigenvalue weighted by molar-refractivity contribution is 7.89. The van der Waals surface area contributed by atoms with Crippen molar-refractivity contribution in [3.8, 4) is 0 Å². The van der Waals surface area contributed by atoms with Crippen LogP contribution >= 0.6 is 0 Å². The van der Waals surface area contributed by atoms with Gasteiger partial charge < -0.3 is 5.11 Å². The van der Waals surface area contributed by atoms with E-state index in [1.807, 2.05) is 13.8 Å².